The van der Waals surface area contributed by atoms with Crippen molar-refractivity contribution in [3.63, 3.8) is 0 Å². The van der Waals surface area contributed by atoms with E-state index in [2.05, 4.69) is 4.98 Å². The van der Waals surface area contributed by atoms with Gasteiger partial charge >= 0.3 is 5.97 Å². The first-order valence-electron chi connectivity index (χ1n) is 10.5. The smallest absolute Gasteiger partial charge is 0.339 e. The van der Waals surface area contributed by atoms with E-state index < -0.39 is 0 Å². The average molecular weight is 483 g/mol. The zero-order chi connectivity index (χ0) is 23.1. The van der Waals surface area contributed by atoms with E-state index in [0.29, 0.717) is 35.0 Å². The van der Waals surface area contributed by atoms with Gasteiger partial charge in [0.15, 0.2) is 0 Å². The predicted molar refractivity (Wildman–Crippen MR) is 129 cm³/mol. The molecule has 0 radical (unpaired) electrons. The molecular weight excluding hydrogens is 460 g/mol. The highest BCUT2D eigenvalue weighted by atomic mass is 32.1. The lowest BCUT2D eigenvalue weighted by atomic mass is 10.1. The number of carbonyl (C=O) groups excluding carboxylic acids is 2. The number of aromatic nitrogens is 1. The molecule has 0 saturated carbocycles. The third kappa shape index (κ3) is 3.96. The highest BCUT2D eigenvalue weighted by Crippen LogP contribution is 2.38. The van der Waals surface area contributed by atoms with Crippen LogP contribution in [0.3, 0.4) is 0 Å². The van der Waals surface area contributed by atoms with Crippen LogP contribution in [0.2, 0.25) is 0 Å². The lowest BCUT2D eigenvalue weighted by Gasteiger charge is -2.14. The molecule has 3 aromatic heterocycles. The van der Waals surface area contributed by atoms with Gasteiger partial charge in [0.05, 0.1) is 33.9 Å². The van der Waals surface area contributed by atoms with Gasteiger partial charge < -0.3 is 19.1 Å². The van der Waals surface area contributed by atoms with Gasteiger partial charge in [-0.05, 0) is 37.6 Å². The maximum absolute atomic E-state index is 13.0. The molecule has 0 aliphatic carbocycles. The summed E-state index contributed by atoms with van der Waals surface area (Å²) in [6, 6.07) is 9.25. The molecule has 1 amide bonds. The van der Waals surface area contributed by atoms with Crippen LogP contribution in [0.25, 0.3) is 20.3 Å². The van der Waals surface area contributed by atoms with E-state index in [-0.39, 0.29) is 18.0 Å². The molecule has 1 aliphatic rings. The van der Waals surface area contributed by atoms with Gasteiger partial charge in [-0.2, -0.15) is 0 Å². The summed E-state index contributed by atoms with van der Waals surface area (Å²) in [6.45, 7) is 3.20. The zero-order valence-corrected chi connectivity index (χ0v) is 20.0. The van der Waals surface area contributed by atoms with Crippen molar-refractivity contribution in [1.29, 1.82) is 0 Å². The summed E-state index contributed by atoms with van der Waals surface area (Å²) in [7, 11) is 3.06. The summed E-state index contributed by atoms with van der Waals surface area (Å²) >= 11 is 2.91. The number of methoxy groups -OCH3 is 2. The van der Waals surface area contributed by atoms with Crippen LogP contribution in [-0.4, -0.2) is 55.2 Å². The van der Waals surface area contributed by atoms with Crippen LogP contribution in [0.4, 0.5) is 0 Å². The summed E-state index contributed by atoms with van der Waals surface area (Å²) < 4.78 is 18.3. The van der Waals surface area contributed by atoms with Crippen molar-refractivity contribution < 1.29 is 23.8 Å². The molecule has 33 heavy (non-hydrogen) atoms. The molecule has 0 bridgehead atoms. The maximum atomic E-state index is 13.0. The Morgan fingerprint density at radius 2 is 2.00 bits per heavy atom. The Morgan fingerprint density at radius 1 is 1.15 bits per heavy atom. The van der Waals surface area contributed by atoms with Crippen LogP contribution < -0.4 is 4.74 Å². The van der Waals surface area contributed by atoms with Crippen molar-refractivity contribution in [1.82, 2.24) is 9.88 Å². The third-order valence-electron chi connectivity index (χ3n) is 5.81. The number of likely N-dealkylation sites (tertiary alicyclic amines) is 1. The zero-order valence-electron chi connectivity index (χ0n) is 18.4. The van der Waals surface area contributed by atoms with E-state index >= 15 is 0 Å². The molecule has 0 spiro atoms. The van der Waals surface area contributed by atoms with Gasteiger partial charge in [0.2, 0.25) is 0 Å². The quantitative estimate of drug-likeness (QED) is 0.361. The molecule has 4 heterocycles. The summed E-state index contributed by atoms with van der Waals surface area (Å²) in [5.41, 5.74) is 1.32. The number of nitrogens with zero attached hydrogens (tertiary/aromatic N) is 2. The fraction of sp³-hybridized carbons (Fsp3) is 0.292. The minimum Gasteiger partial charge on any atom is -0.465 e. The normalized spacial score (nSPS) is 16.0. The molecule has 0 N–H and O–H groups in total. The second-order valence-corrected chi connectivity index (χ2v) is 10.1. The van der Waals surface area contributed by atoms with E-state index in [9.17, 15) is 9.59 Å². The Bertz CT molecular complexity index is 1380. The summed E-state index contributed by atoms with van der Waals surface area (Å²) in [5.74, 6) is 0.945. The first kappa shape index (κ1) is 21.8. The predicted octanol–water partition coefficient (Wildman–Crippen LogP) is 5.26. The van der Waals surface area contributed by atoms with Crippen molar-refractivity contribution in [2.24, 2.45) is 0 Å². The van der Waals surface area contributed by atoms with Crippen LogP contribution >= 0.6 is 22.7 Å². The number of pyridine rings is 1. The van der Waals surface area contributed by atoms with Gasteiger partial charge in [0, 0.05) is 47.4 Å². The monoisotopic (exact) mass is 482 g/mol. The molecule has 1 aromatic carbocycles. The molecule has 7 nitrogen and oxygen atoms in total. The van der Waals surface area contributed by atoms with E-state index in [0.717, 1.165) is 31.6 Å². The lowest BCUT2D eigenvalue weighted by Crippen LogP contribution is -2.29. The summed E-state index contributed by atoms with van der Waals surface area (Å²) in [4.78, 5) is 32.9. The first-order valence-corrected chi connectivity index (χ1v) is 12.1. The number of esters is 1. The second-order valence-electron chi connectivity index (χ2n) is 7.82. The summed E-state index contributed by atoms with van der Waals surface area (Å²) in [6.07, 6.45) is 2.62. The minimum absolute atomic E-state index is 0.00526. The third-order valence-corrected chi connectivity index (χ3v) is 8.00. The molecule has 1 saturated heterocycles. The molecule has 1 atom stereocenters. The number of aryl methyl sites for hydroxylation is 1. The molecular formula is C24H22N2O5S2. The number of fused-ring (bicyclic) bond motifs is 2. The van der Waals surface area contributed by atoms with E-state index in [1.165, 1.54) is 29.8 Å². The van der Waals surface area contributed by atoms with Crippen molar-refractivity contribution >= 4 is 54.9 Å². The highest BCUT2D eigenvalue weighted by molar-refractivity contribution is 7.21. The number of hydrogen-bond donors (Lipinski definition) is 0. The Balaban J connectivity index is 1.44. The molecule has 9 heteroatoms. The van der Waals surface area contributed by atoms with Crippen molar-refractivity contribution in [3.8, 4) is 11.5 Å². The number of thiophene rings is 2. The van der Waals surface area contributed by atoms with E-state index in [4.69, 9.17) is 14.2 Å². The molecule has 1 fully saturated rings. The molecule has 170 valence electrons. The second kappa shape index (κ2) is 8.74. The standard InChI is InChI=1S/C24H22N2O5S2/c1-13-21(24(28)30-3)16-5-4-14(10-19(16)32-13)31-18-6-8-25-17-11-20(33-22(17)18)23(27)26-9-7-15(12-26)29-2/h4-6,8,10-11,15H,7,9,12H2,1-3H3/t15-/m1/s1. The average Bonchev–Trinajstić information content (AvgIpc) is 3.54. The Kier molecular flexibility index (Phi) is 5.77. The number of amides is 1. The first-order chi connectivity index (χ1) is 16.0. The number of benzene rings is 1. The summed E-state index contributed by atoms with van der Waals surface area (Å²) in [5, 5.41) is 0.848. The van der Waals surface area contributed by atoms with Gasteiger partial charge in [-0.15, -0.1) is 22.7 Å². The Labute approximate surface area is 198 Å². The Hall–Kier alpha value is -3.01. The Morgan fingerprint density at radius 3 is 2.76 bits per heavy atom. The molecule has 1 aliphatic heterocycles. The fourth-order valence-electron chi connectivity index (χ4n) is 4.11. The number of hydrogen-bond acceptors (Lipinski definition) is 8. The van der Waals surface area contributed by atoms with Crippen LogP contribution in [-0.2, 0) is 9.47 Å². The van der Waals surface area contributed by atoms with Crippen molar-refractivity contribution in [3.05, 3.63) is 51.8 Å². The molecule has 4 aromatic rings. The van der Waals surface area contributed by atoms with Crippen LogP contribution in [0.1, 0.15) is 31.3 Å². The largest absolute Gasteiger partial charge is 0.465 e. The fourth-order valence-corrected chi connectivity index (χ4v) is 6.22. The number of carbonyl (C=O) groups is 2. The van der Waals surface area contributed by atoms with Gasteiger partial charge in [-0.3, -0.25) is 9.78 Å². The molecule has 5 rings (SSSR count). The van der Waals surface area contributed by atoms with Gasteiger partial charge in [-0.1, -0.05) is 0 Å². The van der Waals surface area contributed by atoms with Gasteiger partial charge in [0.25, 0.3) is 5.91 Å². The topological polar surface area (TPSA) is 78.0 Å². The molecule has 0 unspecified atom stereocenters. The lowest BCUT2D eigenvalue weighted by molar-refractivity contribution is 0.0602. The SMILES string of the molecule is COC(=O)c1c(C)sc2cc(Oc3ccnc4cc(C(=O)N5CC[C@@H](OC)C5)sc34)ccc12. The van der Waals surface area contributed by atoms with Crippen LogP contribution in [0.15, 0.2) is 36.5 Å². The number of rotatable bonds is 5. The maximum Gasteiger partial charge on any atom is 0.339 e. The van der Waals surface area contributed by atoms with Crippen molar-refractivity contribution in [2.75, 3.05) is 27.3 Å². The van der Waals surface area contributed by atoms with Crippen LogP contribution in [0.5, 0.6) is 11.5 Å². The number of ether oxygens (including phenoxy) is 3. The van der Waals surface area contributed by atoms with Gasteiger partial charge in [-0.25, -0.2) is 4.79 Å². The van der Waals surface area contributed by atoms with Crippen LogP contribution in [0, 0.1) is 6.92 Å². The van der Waals surface area contributed by atoms with E-state index in [1.807, 2.05) is 36.1 Å². The van der Waals surface area contributed by atoms with Crippen molar-refractivity contribution in [2.45, 2.75) is 19.4 Å². The minimum atomic E-state index is -0.339. The van der Waals surface area contributed by atoms with E-state index in [1.54, 1.807) is 19.4 Å². The highest BCUT2D eigenvalue weighted by Gasteiger charge is 2.28. The van der Waals surface area contributed by atoms with Gasteiger partial charge in [0.1, 0.15) is 11.5 Å².